The maximum absolute atomic E-state index is 12.7. The van der Waals surface area contributed by atoms with Crippen molar-refractivity contribution < 1.29 is 18.0 Å². The zero-order valence-corrected chi connectivity index (χ0v) is 8.42. The van der Waals surface area contributed by atoms with Crippen molar-refractivity contribution in [3.05, 3.63) is 18.0 Å². The predicted molar refractivity (Wildman–Crippen MR) is 46.5 cm³/mol. The first-order valence-electron chi connectivity index (χ1n) is 3.61. The fraction of sp³-hybridized carbons (Fsp3) is 0.429. The Morgan fingerprint density at radius 2 is 2.21 bits per heavy atom. The van der Waals surface area contributed by atoms with E-state index in [0.717, 1.165) is 12.4 Å². The van der Waals surface area contributed by atoms with Crippen LogP contribution in [0.3, 0.4) is 0 Å². The quantitative estimate of drug-likeness (QED) is 0.621. The number of nitrogens with zero attached hydrogens (tertiary/aromatic N) is 2. The number of alkyl halides is 4. The molecule has 0 aliphatic carbocycles. The SMILES string of the molecule is O=C(CBr)c1cnn(C(F)C(F)F)c1. The molecule has 1 heterocycles. The summed E-state index contributed by atoms with van der Waals surface area (Å²) in [6.07, 6.45) is -3.65. The molecule has 0 bridgehead atoms. The molecule has 1 atom stereocenters. The summed E-state index contributed by atoms with van der Waals surface area (Å²) >= 11 is 2.90. The molecule has 0 N–H and O–H groups in total. The molecule has 0 radical (unpaired) electrons. The molecule has 3 nitrogen and oxygen atoms in total. The fourth-order valence-corrected chi connectivity index (χ4v) is 1.13. The van der Waals surface area contributed by atoms with Crippen LogP contribution < -0.4 is 0 Å². The highest BCUT2D eigenvalue weighted by Gasteiger charge is 2.22. The molecule has 78 valence electrons. The van der Waals surface area contributed by atoms with Gasteiger partial charge in [-0.25, -0.2) is 17.9 Å². The van der Waals surface area contributed by atoms with Crippen LogP contribution in [-0.4, -0.2) is 27.3 Å². The molecule has 0 spiro atoms. The number of carbonyl (C=O) groups is 1. The maximum atomic E-state index is 12.7. The summed E-state index contributed by atoms with van der Waals surface area (Å²) in [5.74, 6) is -0.335. The lowest BCUT2D eigenvalue weighted by atomic mass is 10.3. The van der Waals surface area contributed by atoms with Crippen molar-refractivity contribution in [3.8, 4) is 0 Å². The third kappa shape index (κ3) is 2.34. The van der Waals surface area contributed by atoms with Gasteiger partial charge in [0.2, 0.25) is 0 Å². The summed E-state index contributed by atoms with van der Waals surface area (Å²) in [7, 11) is 0. The van der Waals surface area contributed by atoms with Gasteiger partial charge in [-0.2, -0.15) is 5.10 Å². The minimum absolute atomic E-state index is 0.0460. The van der Waals surface area contributed by atoms with Crippen molar-refractivity contribution in [1.82, 2.24) is 9.78 Å². The predicted octanol–water partition coefficient (Wildman–Crippen LogP) is 2.19. The molecular formula is C7H6BrF3N2O. The fourth-order valence-electron chi connectivity index (χ4n) is 0.810. The first-order chi connectivity index (χ1) is 6.56. The summed E-state index contributed by atoms with van der Waals surface area (Å²) in [4.78, 5) is 11.0. The standard InChI is InChI=1S/C7H6BrF3N2O/c8-1-5(14)4-2-12-13(3-4)7(11)6(9)10/h2-3,6-7H,1H2. The van der Waals surface area contributed by atoms with Crippen LogP contribution in [-0.2, 0) is 0 Å². The molecular weight excluding hydrogens is 265 g/mol. The summed E-state index contributed by atoms with van der Waals surface area (Å²) in [6.45, 7) is 0. The molecule has 0 saturated carbocycles. The van der Waals surface area contributed by atoms with Gasteiger partial charge in [0, 0.05) is 6.20 Å². The summed E-state index contributed by atoms with van der Waals surface area (Å²) in [5.41, 5.74) is 0.102. The van der Waals surface area contributed by atoms with Crippen molar-refractivity contribution in [2.75, 3.05) is 5.33 Å². The topological polar surface area (TPSA) is 34.9 Å². The van der Waals surface area contributed by atoms with Gasteiger partial charge in [-0.3, -0.25) is 4.79 Å². The van der Waals surface area contributed by atoms with E-state index in [1.165, 1.54) is 0 Å². The first kappa shape index (κ1) is 11.2. The van der Waals surface area contributed by atoms with Crippen molar-refractivity contribution >= 4 is 21.7 Å². The second kappa shape index (κ2) is 4.59. The first-order valence-corrected chi connectivity index (χ1v) is 4.74. The molecule has 7 heteroatoms. The Hall–Kier alpha value is -0.850. The van der Waals surface area contributed by atoms with Crippen molar-refractivity contribution in [2.24, 2.45) is 0 Å². The molecule has 14 heavy (non-hydrogen) atoms. The number of Topliss-reactive ketones (excluding diaryl/α,β-unsaturated/α-hetero) is 1. The molecule has 0 aliphatic rings. The van der Waals surface area contributed by atoms with Gasteiger partial charge < -0.3 is 0 Å². The molecule has 1 unspecified atom stereocenters. The van der Waals surface area contributed by atoms with Crippen LogP contribution in [0.5, 0.6) is 0 Å². The molecule has 0 fully saturated rings. The highest BCUT2D eigenvalue weighted by Crippen LogP contribution is 2.17. The van der Waals surface area contributed by atoms with Gasteiger partial charge in [0.15, 0.2) is 5.78 Å². The number of rotatable bonds is 4. The van der Waals surface area contributed by atoms with Crippen LogP contribution in [0.1, 0.15) is 16.7 Å². The number of aromatic nitrogens is 2. The average molecular weight is 271 g/mol. The van der Waals surface area contributed by atoms with Gasteiger partial charge in [0.25, 0.3) is 12.7 Å². The van der Waals surface area contributed by atoms with E-state index in [2.05, 4.69) is 21.0 Å². The van der Waals surface area contributed by atoms with E-state index in [9.17, 15) is 18.0 Å². The van der Waals surface area contributed by atoms with Crippen LogP contribution in [0.2, 0.25) is 0 Å². The lowest BCUT2D eigenvalue weighted by molar-refractivity contribution is 0.000724. The Morgan fingerprint density at radius 1 is 1.57 bits per heavy atom. The lowest BCUT2D eigenvalue weighted by Gasteiger charge is -2.05. The second-order valence-electron chi connectivity index (χ2n) is 2.47. The van der Waals surface area contributed by atoms with Gasteiger partial charge in [0.05, 0.1) is 17.1 Å². The Bertz CT molecular complexity index is 328. The number of halogens is 4. The second-order valence-corrected chi connectivity index (χ2v) is 3.03. The smallest absolute Gasteiger partial charge is 0.289 e. The largest absolute Gasteiger partial charge is 0.293 e. The van der Waals surface area contributed by atoms with Crippen LogP contribution >= 0.6 is 15.9 Å². The van der Waals surface area contributed by atoms with Gasteiger partial charge >= 0.3 is 0 Å². The normalized spacial score (nSPS) is 13.2. The Balaban J connectivity index is 2.82. The van der Waals surface area contributed by atoms with Gasteiger partial charge in [0.1, 0.15) is 0 Å². The zero-order valence-electron chi connectivity index (χ0n) is 6.83. The van der Waals surface area contributed by atoms with Crippen molar-refractivity contribution in [3.63, 3.8) is 0 Å². The number of hydrogen-bond acceptors (Lipinski definition) is 2. The Morgan fingerprint density at radius 3 is 2.71 bits per heavy atom. The molecule has 0 aromatic carbocycles. The van der Waals surface area contributed by atoms with Crippen LogP contribution in [0.25, 0.3) is 0 Å². The minimum Gasteiger partial charge on any atom is -0.293 e. The van der Waals surface area contributed by atoms with E-state index >= 15 is 0 Å². The van der Waals surface area contributed by atoms with Gasteiger partial charge in [-0.05, 0) is 0 Å². The van der Waals surface area contributed by atoms with E-state index in [0.29, 0.717) is 4.68 Å². The van der Waals surface area contributed by atoms with Crippen molar-refractivity contribution in [1.29, 1.82) is 0 Å². The third-order valence-corrected chi connectivity index (χ3v) is 2.01. The van der Waals surface area contributed by atoms with Gasteiger partial charge in [-0.15, -0.1) is 0 Å². The van der Waals surface area contributed by atoms with E-state index in [1.54, 1.807) is 0 Å². The van der Waals surface area contributed by atoms with Crippen molar-refractivity contribution in [2.45, 2.75) is 12.7 Å². The van der Waals surface area contributed by atoms with E-state index in [4.69, 9.17) is 0 Å². The van der Waals surface area contributed by atoms with E-state index in [1.807, 2.05) is 0 Å². The number of hydrogen-bond donors (Lipinski definition) is 0. The highest BCUT2D eigenvalue weighted by atomic mass is 79.9. The molecule has 0 aliphatic heterocycles. The average Bonchev–Trinajstić information content (AvgIpc) is 2.64. The van der Waals surface area contributed by atoms with Gasteiger partial charge in [-0.1, -0.05) is 15.9 Å². The summed E-state index contributed by atoms with van der Waals surface area (Å²) in [6, 6.07) is 0. The number of ketones is 1. The molecule has 0 saturated heterocycles. The molecule has 0 amide bonds. The van der Waals surface area contributed by atoms with Crippen LogP contribution in [0.15, 0.2) is 12.4 Å². The van der Waals surface area contributed by atoms with E-state index < -0.39 is 12.7 Å². The molecule has 1 aromatic rings. The van der Waals surface area contributed by atoms with Crippen LogP contribution in [0, 0.1) is 0 Å². The molecule has 1 rings (SSSR count). The third-order valence-electron chi connectivity index (χ3n) is 1.51. The van der Waals surface area contributed by atoms with Crippen LogP contribution in [0.4, 0.5) is 13.2 Å². The minimum atomic E-state index is -3.15. The molecule has 1 aromatic heterocycles. The number of carbonyl (C=O) groups excluding carboxylic acids is 1. The highest BCUT2D eigenvalue weighted by molar-refractivity contribution is 9.09. The maximum Gasteiger partial charge on any atom is 0.289 e. The zero-order chi connectivity index (χ0) is 10.7. The summed E-state index contributed by atoms with van der Waals surface area (Å²) < 4.78 is 36.8. The Labute approximate surface area is 86.0 Å². The summed E-state index contributed by atoms with van der Waals surface area (Å²) in [5, 5.41) is 3.37. The lowest BCUT2D eigenvalue weighted by Crippen LogP contribution is -2.12. The monoisotopic (exact) mass is 270 g/mol. The van der Waals surface area contributed by atoms with E-state index in [-0.39, 0.29) is 16.7 Å². The Kier molecular flexibility index (Phi) is 3.68.